The zero-order valence-corrected chi connectivity index (χ0v) is 18.7. The highest BCUT2D eigenvalue weighted by Crippen LogP contribution is 2.14. The van der Waals surface area contributed by atoms with Crippen LogP contribution in [-0.2, 0) is 25.9 Å². The molecule has 0 saturated carbocycles. The van der Waals surface area contributed by atoms with Crippen LogP contribution in [-0.4, -0.2) is 33.8 Å². The van der Waals surface area contributed by atoms with Gasteiger partial charge in [0.15, 0.2) is 5.96 Å². The van der Waals surface area contributed by atoms with Crippen LogP contribution in [0.3, 0.4) is 0 Å². The molecule has 1 aromatic carbocycles. The first kappa shape index (κ1) is 21.7. The van der Waals surface area contributed by atoms with E-state index in [-0.39, 0.29) is 24.0 Å². The van der Waals surface area contributed by atoms with Gasteiger partial charge in [-0.05, 0) is 32.3 Å². The van der Waals surface area contributed by atoms with Gasteiger partial charge in [-0.25, -0.2) is 4.99 Å². The van der Waals surface area contributed by atoms with Crippen LogP contribution in [0.2, 0.25) is 0 Å². The van der Waals surface area contributed by atoms with E-state index in [0.717, 1.165) is 50.1 Å². The fraction of sp³-hybridized carbons (Fsp3) is 0.550. The number of aromatic nitrogens is 3. The predicted molar refractivity (Wildman–Crippen MR) is 121 cm³/mol. The number of benzene rings is 1. The summed E-state index contributed by atoms with van der Waals surface area (Å²) in [6.45, 7) is 7.57. The van der Waals surface area contributed by atoms with Crippen LogP contribution in [0.25, 0.3) is 0 Å². The molecule has 1 aliphatic heterocycles. The van der Waals surface area contributed by atoms with E-state index >= 15 is 0 Å². The third kappa shape index (κ3) is 6.48. The topological polar surface area (TPSA) is 67.1 Å². The summed E-state index contributed by atoms with van der Waals surface area (Å²) < 4.78 is 2.31. The Hall–Kier alpha value is -1.64. The SMILES string of the molecule is CCNC(=NCc1ccc(C)cc1)NCCc1nnc2n1CCCCC2.I. The summed E-state index contributed by atoms with van der Waals surface area (Å²) in [6, 6.07) is 8.52. The lowest BCUT2D eigenvalue weighted by Gasteiger charge is -2.12. The number of guanidine groups is 1. The minimum Gasteiger partial charge on any atom is -0.357 e. The van der Waals surface area contributed by atoms with Crippen molar-refractivity contribution in [2.45, 2.75) is 59.0 Å². The number of hydrogen-bond donors (Lipinski definition) is 2. The Morgan fingerprint density at radius 2 is 1.93 bits per heavy atom. The lowest BCUT2D eigenvalue weighted by atomic mass is 10.1. The minimum atomic E-state index is 0. The quantitative estimate of drug-likeness (QED) is 0.377. The number of fused-ring (bicyclic) bond motifs is 1. The number of nitrogens with zero attached hydrogens (tertiary/aromatic N) is 4. The standard InChI is InChI=1S/C20H30N6.HI/c1-3-21-20(23-15-17-10-8-16(2)9-11-17)22-13-12-19-25-24-18-7-5-4-6-14-26(18)19;/h8-11H,3-7,12-15H2,1-2H3,(H2,21,22,23);1H. The van der Waals surface area contributed by atoms with E-state index in [4.69, 9.17) is 0 Å². The average Bonchev–Trinajstić information content (AvgIpc) is 2.87. The average molecular weight is 482 g/mol. The number of hydrogen-bond acceptors (Lipinski definition) is 3. The predicted octanol–water partition coefficient (Wildman–Crippen LogP) is 3.23. The number of aryl methyl sites for hydroxylation is 2. The monoisotopic (exact) mass is 482 g/mol. The smallest absolute Gasteiger partial charge is 0.191 e. The normalized spacial score (nSPS) is 14.1. The van der Waals surface area contributed by atoms with E-state index in [0.29, 0.717) is 6.54 Å². The first-order chi connectivity index (χ1) is 12.8. The molecule has 0 spiro atoms. The largest absolute Gasteiger partial charge is 0.357 e. The Labute approximate surface area is 179 Å². The molecular weight excluding hydrogens is 451 g/mol. The summed E-state index contributed by atoms with van der Waals surface area (Å²) in [5, 5.41) is 15.5. The van der Waals surface area contributed by atoms with E-state index in [1.807, 2.05) is 0 Å². The van der Waals surface area contributed by atoms with Crippen LogP contribution >= 0.6 is 24.0 Å². The van der Waals surface area contributed by atoms with Gasteiger partial charge in [-0.1, -0.05) is 36.2 Å². The molecule has 0 bridgehead atoms. The molecule has 148 valence electrons. The molecule has 0 unspecified atom stereocenters. The molecule has 0 fully saturated rings. The van der Waals surface area contributed by atoms with Crippen molar-refractivity contribution >= 4 is 29.9 Å². The Kier molecular flexibility index (Phi) is 9.03. The van der Waals surface area contributed by atoms with Gasteiger partial charge < -0.3 is 15.2 Å². The Morgan fingerprint density at radius 3 is 2.70 bits per heavy atom. The lowest BCUT2D eigenvalue weighted by molar-refractivity contribution is 0.600. The summed E-state index contributed by atoms with van der Waals surface area (Å²) in [5.74, 6) is 3.09. The fourth-order valence-electron chi connectivity index (χ4n) is 3.23. The molecule has 0 aliphatic carbocycles. The number of nitrogens with one attached hydrogen (secondary N) is 2. The maximum absolute atomic E-state index is 4.69. The van der Waals surface area contributed by atoms with Crippen LogP contribution in [0.15, 0.2) is 29.3 Å². The molecule has 1 aromatic heterocycles. The molecule has 0 atom stereocenters. The zero-order chi connectivity index (χ0) is 18.2. The third-order valence-electron chi connectivity index (χ3n) is 4.71. The summed E-state index contributed by atoms with van der Waals surface area (Å²) in [4.78, 5) is 4.69. The van der Waals surface area contributed by atoms with Crippen LogP contribution < -0.4 is 10.6 Å². The molecule has 1 aliphatic rings. The van der Waals surface area contributed by atoms with Gasteiger partial charge in [0.2, 0.25) is 0 Å². The maximum Gasteiger partial charge on any atom is 0.191 e. The van der Waals surface area contributed by atoms with Gasteiger partial charge in [0.1, 0.15) is 11.6 Å². The van der Waals surface area contributed by atoms with Crippen molar-refractivity contribution in [2.75, 3.05) is 13.1 Å². The fourth-order valence-corrected chi connectivity index (χ4v) is 3.23. The van der Waals surface area contributed by atoms with Crippen LogP contribution in [0.1, 0.15) is 49.0 Å². The Balaban J connectivity index is 0.00000261. The third-order valence-corrected chi connectivity index (χ3v) is 4.71. The van der Waals surface area contributed by atoms with Gasteiger partial charge in [0.25, 0.3) is 0 Å². The summed E-state index contributed by atoms with van der Waals surface area (Å²) in [5.41, 5.74) is 2.49. The van der Waals surface area contributed by atoms with E-state index in [1.54, 1.807) is 0 Å². The summed E-state index contributed by atoms with van der Waals surface area (Å²) in [6.07, 6.45) is 5.67. The van der Waals surface area contributed by atoms with Gasteiger partial charge in [-0.3, -0.25) is 0 Å². The van der Waals surface area contributed by atoms with Crippen LogP contribution in [0.4, 0.5) is 0 Å². The summed E-state index contributed by atoms with van der Waals surface area (Å²) >= 11 is 0. The van der Waals surface area contributed by atoms with Gasteiger partial charge in [0, 0.05) is 32.5 Å². The van der Waals surface area contributed by atoms with Crippen molar-refractivity contribution in [3.8, 4) is 0 Å². The van der Waals surface area contributed by atoms with Crippen molar-refractivity contribution in [2.24, 2.45) is 4.99 Å². The highest BCUT2D eigenvalue weighted by molar-refractivity contribution is 14.0. The second kappa shape index (κ2) is 11.3. The lowest BCUT2D eigenvalue weighted by Crippen LogP contribution is -2.38. The first-order valence-electron chi connectivity index (χ1n) is 9.75. The molecule has 0 radical (unpaired) electrons. The van der Waals surface area contributed by atoms with Crippen molar-refractivity contribution in [3.63, 3.8) is 0 Å². The second-order valence-corrected chi connectivity index (χ2v) is 6.85. The van der Waals surface area contributed by atoms with E-state index < -0.39 is 0 Å². The molecule has 2 aromatic rings. The Bertz CT molecular complexity index is 723. The van der Waals surface area contributed by atoms with Gasteiger partial charge in [0.05, 0.1) is 6.54 Å². The van der Waals surface area contributed by atoms with Crippen LogP contribution in [0.5, 0.6) is 0 Å². The van der Waals surface area contributed by atoms with Crippen molar-refractivity contribution in [3.05, 3.63) is 47.0 Å². The maximum atomic E-state index is 4.69. The number of aliphatic imine (C=N–C) groups is 1. The van der Waals surface area contributed by atoms with Gasteiger partial charge in [-0.2, -0.15) is 0 Å². The summed E-state index contributed by atoms with van der Waals surface area (Å²) in [7, 11) is 0. The van der Waals surface area contributed by atoms with Crippen molar-refractivity contribution in [1.29, 1.82) is 0 Å². The van der Waals surface area contributed by atoms with E-state index in [2.05, 4.69) is 68.5 Å². The molecular formula is C20H31IN6. The van der Waals surface area contributed by atoms with Gasteiger partial charge >= 0.3 is 0 Å². The molecule has 27 heavy (non-hydrogen) atoms. The molecule has 7 heteroatoms. The molecule has 2 heterocycles. The second-order valence-electron chi connectivity index (χ2n) is 6.85. The number of rotatable bonds is 6. The van der Waals surface area contributed by atoms with Crippen molar-refractivity contribution in [1.82, 2.24) is 25.4 Å². The van der Waals surface area contributed by atoms with Gasteiger partial charge in [-0.15, -0.1) is 34.2 Å². The van der Waals surface area contributed by atoms with Crippen LogP contribution in [0, 0.1) is 6.92 Å². The Morgan fingerprint density at radius 1 is 1.11 bits per heavy atom. The first-order valence-corrected chi connectivity index (χ1v) is 9.75. The molecule has 0 saturated heterocycles. The van der Waals surface area contributed by atoms with E-state index in [9.17, 15) is 0 Å². The highest BCUT2D eigenvalue weighted by atomic mass is 127. The molecule has 0 amide bonds. The molecule has 6 nitrogen and oxygen atoms in total. The van der Waals surface area contributed by atoms with Crippen molar-refractivity contribution < 1.29 is 0 Å². The molecule has 3 rings (SSSR count). The van der Waals surface area contributed by atoms with E-state index in [1.165, 1.54) is 30.4 Å². The highest BCUT2D eigenvalue weighted by Gasteiger charge is 2.14. The zero-order valence-electron chi connectivity index (χ0n) is 16.4. The number of halogens is 1. The minimum absolute atomic E-state index is 0. The molecule has 2 N–H and O–H groups in total.